The molecule has 0 saturated heterocycles. The summed E-state index contributed by atoms with van der Waals surface area (Å²) >= 11 is 0. The summed E-state index contributed by atoms with van der Waals surface area (Å²) in [6, 6.07) is 16.2. The van der Waals surface area contributed by atoms with E-state index in [2.05, 4.69) is 25.6 Å². The van der Waals surface area contributed by atoms with Crippen molar-refractivity contribution in [2.24, 2.45) is 0 Å². The summed E-state index contributed by atoms with van der Waals surface area (Å²) in [6.45, 7) is 2.87. The lowest BCUT2D eigenvalue weighted by Gasteiger charge is -2.11. The molecule has 0 saturated carbocycles. The first-order valence-corrected chi connectivity index (χ1v) is 10.7. The monoisotopic (exact) mass is 458 g/mol. The van der Waals surface area contributed by atoms with Gasteiger partial charge in [-0.1, -0.05) is 43.3 Å². The molecular formula is C24H22N6O4. The Morgan fingerprint density at radius 2 is 1.79 bits per heavy atom. The highest BCUT2D eigenvalue weighted by molar-refractivity contribution is 5.96. The van der Waals surface area contributed by atoms with Gasteiger partial charge in [-0.15, -0.1) is 0 Å². The molecule has 0 spiro atoms. The Kier molecular flexibility index (Phi) is 6.87. The zero-order valence-corrected chi connectivity index (χ0v) is 18.4. The average Bonchev–Trinajstić information content (AvgIpc) is 2.87. The highest BCUT2D eigenvalue weighted by Gasteiger charge is 2.17. The molecule has 0 radical (unpaired) electrons. The number of nitrogens with one attached hydrogen (secondary N) is 2. The summed E-state index contributed by atoms with van der Waals surface area (Å²) in [6.07, 6.45) is 3.19. The second-order valence-corrected chi connectivity index (χ2v) is 7.29. The Balaban J connectivity index is 1.37. The van der Waals surface area contributed by atoms with Crippen molar-refractivity contribution in [3.63, 3.8) is 0 Å². The molecule has 0 unspecified atom stereocenters. The molecule has 0 bridgehead atoms. The van der Waals surface area contributed by atoms with Crippen LogP contribution < -0.4 is 15.4 Å². The molecule has 10 heteroatoms. The predicted molar refractivity (Wildman–Crippen MR) is 128 cm³/mol. The van der Waals surface area contributed by atoms with E-state index in [0.717, 1.165) is 10.8 Å². The van der Waals surface area contributed by atoms with Crippen LogP contribution in [-0.2, 0) is 6.42 Å². The number of nitrogens with zero attached hydrogens (tertiary/aromatic N) is 4. The van der Waals surface area contributed by atoms with Crippen LogP contribution in [0.2, 0.25) is 0 Å². The Hall–Kier alpha value is -4.60. The van der Waals surface area contributed by atoms with Gasteiger partial charge in [0.1, 0.15) is 23.3 Å². The number of fused-ring (bicyclic) bond motifs is 1. The van der Waals surface area contributed by atoms with E-state index in [1.807, 2.05) is 43.3 Å². The molecule has 0 aliphatic carbocycles. The fraction of sp³-hybridized carbons (Fsp3) is 0.167. The van der Waals surface area contributed by atoms with Crippen LogP contribution in [0.4, 0.5) is 17.5 Å². The molecule has 0 fully saturated rings. The largest absolute Gasteiger partial charge is 0.422 e. The molecule has 34 heavy (non-hydrogen) atoms. The number of esters is 1. The Bertz CT molecular complexity index is 1320. The number of anilines is 2. The van der Waals surface area contributed by atoms with Gasteiger partial charge in [-0.3, -0.25) is 10.1 Å². The van der Waals surface area contributed by atoms with Crippen molar-refractivity contribution in [2.45, 2.75) is 13.3 Å². The molecule has 4 rings (SSSR count). The predicted octanol–water partition coefficient (Wildman–Crippen LogP) is 4.24. The molecule has 0 aliphatic rings. The number of pyridine rings is 1. The fourth-order valence-corrected chi connectivity index (χ4v) is 3.35. The Labute approximate surface area is 195 Å². The summed E-state index contributed by atoms with van der Waals surface area (Å²) in [5.74, 6) is 0.884. The minimum absolute atomic E-state index is 0.0664. The van der Waals surface area contributed by atoms with E-state index in [1.54, 1.807) is 12.1 Å². The molecule has 2 heterocycles. The number of carbonyl (C=O) groups is 1. The smallest absolute Gasteiger partial charge is 0.347 e. The number of nitro groups is 1. The SMILES string of the molecule is CCc1nc(NCCNc2ccc([N+](=O)[O-])cn2)ncc1C(=O)Oc1cccc2ccccc12. The van der Waals surface area contributed by atoms with Gasteiger partial charge in [-0.25, -0.2) is 19.7 Å². The Morgan fingerprint density at radius 3 is 2.56 bits per heavy atom. The maximum Gasteiger partial charge on any atom is 0.347 e. The van der Waals surface area contributed by atoms with Crippen molar-refractivity contribution in [2.75, 3.05) is 23.7 Å². The van der Waals surface area contributed by atoms with Gasteiger partial charge >= 0.3 is 5.97 Å². The summed E-state index contributed by atoms with van der Waals surface area (Å²) in [4.78, 5) is 35.7. The summed E-state index contributed by atoms with van der Waals surface area (Å²) in [5.41, 5.74) is 0.824. The molecule has 0 aliphatic heterocycles. The molecule has 2 aromatic heterocycles. The highest BCUT2D eigenvalue weighted by atomic mass is 16.6. The number of ether oxygens (including phenoxy) is 1. The van der Waals surface area contributed by atoms with Gasteiger partial charge in [0, 0.05) is 30.7 Å². The molecule has 172 valence electrons. The third-order valence-electron chi connectivity index (χ3n) is 5.05. The lowest BCUT2D eigenvalue weighted by atomic mass is 10.1. The normalized spacial score (nSPS) is 10.6. The average molecular weight is 458 g/mol. The number of rotatable bonds is 9. The van der Waals surface area contributed by atoms with Crippen molar-refractivity contribution in [3.05, 3.63) is 88.4 Å². The van der Waals surface area contributed by atoms with E-state index >= 15 is 0 Å². The molecular weight excluding hydrogens is 436 g/mol. The highest BCUT2D eigenvalue weighted by Crippen LogP contribution is 2.26. The van der Waals surface area contributed by atoms with Gasteiger partial charge < -0.3 is 15.4 Å². The number of benzene rings is 2. The molecule has 0 amide bonds. The maximum absolute atomic E-state index is 12.9. The standard InChI is InChI=1S/C24H22N6O4/c1-2-20-19(23(31)34-21-9-5-7-16-6-3-4-8-18(16)21)15-28-24(29-20)26-13-12-25-22-11-10-17(14-27-22)30(32)33/h3-11,14-15H,2,12-13H2,1H3,(H,25,27)(H,26,28,29). The molecule has 0 atom stereocenters. The van der Waals surface area contributed by atoms with E-state index in [0.29, 0.717) is 48.3 Å². The van der Waals surface area contributed by atoms with Crippen LogP contribution in [-0.4, -0.2) is 38.9 Å². The minimum Gasteiger partial charge on any atom is -0.422 e. The van der Waals surface area contributed by atoms with Crippen molar-refractivity contribution in [1.82, 2.24) is 15.0 Å². The van der Waals surface area contributed by atoms with Gasteiger partial charge in [-0.05, 0) is 23.9 Å². The zero-order valence-electron chi connectivity index (χ0n) is 18.4. The molecule has 2 N–H and O–H groups in total. The zero-order chi connectivity index (χ0) is 23.9. The second-order valence-electron chi connectivity index (χ2n) is 7.29. The van der Waals surface area contributed by atoms with Crippen molar-refractivity contribution < 1.29 is 14.5 Å². The number of aryl methyl sites for hydroxylation is 1. The third-order valence-corrected chi connectivity index (χ3v) is 5.05. The number of aromatic nitrogens is 3. The van der Waals surface area contributed by atoms with E-state index in [1.165, 1.54) is 18.5 Å². The summed E-state index contributed by atoms with van der Waals surface area (Å²) in [5, 5.41) is 18.7. The number of carbonyl (C=O) groups excluding carboxylic acids is 1. The van der Waals surface area contributed by atoms with E-state index in [4.69, 9.17) is 4.74 Å². The topological polar surface area (TPSA) is 132 Å². The van der Waals surface area contributed by atoms with Crippen LogP contribution in [0, 0.1) is 10.1 Å². The maximum atomic E-state index is 12.9. The van der Waals surface area contributed by atoms with Gasteiger partial charge in [-0.2, -0.15) is 0 Å². The fourth-order valence-electron chi connectivity index (χ4n) is 3.35. The number of hydrogen-bond donors (Lipinski definition) is 2. The van der Waals surface area contributed by atoms with Crippen LogP contribution in [0.25, 0.3) is 10.8 Å². The third kappa shape index (κ3) is 5.23. The van der Waals surface area contributed by atoms with E-state index in [9.17, 15) is 14.9 Å². The molecule has 4 aromatic rings. The molecule has 10 nitrogen and oxygen atoms in total. The second kappa shape index (κ2) is 10.3. The first-order valence-electron chi connectivity index (χ1n) is 10.7. The lowest BCUT2D eigenvalue weighted by Crippen LogP contribution is -2.18. The quantitative estimate of drug-likeness (QED) is 0.124. The van der Waals surface area contributed by atoms with Gasteiger partial charge in [0.05, 0.1) is 10.6 Å². The lowest BCUT2D eigenvalue weighted by molar-refractivity contribution is -0.385. The van der Waals surface area contributed by atoms with Crippen molar-refractivity contribution >= 4 is 34.2 Å². The van der Waals surface area contributed by atoms with Crippen LogP contribution in [0.3, 0.4) is 0 Å². The Morgan fingerprint density at radius 1 is 1.00 bits per heavy atom. The molecule has 2 aromatic carbocycles. The van der Waals surface area contributed by atoms with Gasteiger partial charge in [0.15, 0.2) is 0 Å². The summed E-state index contributed by atoms with van der Waals surface area (Å²) < 4.78 is 5.67. The van der Waals surface area contributed by atoms with Gasteiger partial charge in [0.2, 0.25) is 5.95 Å². The van der Waals surface area contributed by atoms with Crippen LogP contribution in [0.1, 0.15) is 23.0 Å². The summed E-state index contributed by atoms with van der Waals surface area (Å²) in [7, 11) is 0. The van der Waals surface area contributed by atoms with E-state index in [-0.39, 0.29) is 5.69 Å². The first-order chi connectivity index (χ1) is 16.5. The first kappa shape index (κ1) is 22.6. The van der Waals surface area contributed by atoms with Crippen LogP contribution in [0.15, 0.2) is 67.0 Å². The van der Waals surface area contributed by atoms with Gasteiger partial charge in [0.25, 0.3) is 5.69 Å². The van der Waals surface area contributed by atoms with Crippen LogP contribution in [0.5, 0.6) is 5.75 Å². The van der Waals surface area contributed by atoms with Crippen molar-refractivity contribution in [1.29, 1.82) is 0 Å². The number of hydrogen-bond acceptors (Lipinski definition) is 9. The minimum atomic E-state index is -0.509. The van der Waals surface area contributed by atoms with Crippen molar-refractivity contribution in [3.8, 4) is 5.75 Å². The van der Waals surface area contributed by atoms with Crippen LogP contribution >= 0.6 is 0 Å². The van der Waals surface area contributed by atoms with E-state index < -0.39 is 10.9 Å².